The van der Waals surface area contributed by atoms with Gasteiger partial charge in [0.05, 0.1) is 5.69 Å². The molecule has 2 aromatic carbocycles. The minimum absolute atomic E-state index is 0.142. The van der Waals surface area contributed by atoms with Crippen LogP contribution in [0.5, 0.6) is 0 Å². The number of rotatable bonds is 5. The van der Waals surface area contributed by atoms with Gasteiger partial charge in [0, 0.05) is 29.8 Å². The minimum atomic E-state index is 0.142. The molecule has 0 atom stereocenters. The van der Waals surface area contributed by atoms with Crippen molar-refractivity contribution in [3.05, 3.63) is 77.6 Å². The van der Waals surface area contributed by atoms with E-state index in [0.29, 0.717) is 5.78 Å². The predicted octanol–water partition coefficient (Wildman–Crippen LogP) is 4.48. The highest BCUT2D eigenvalue weighted by molar-refractivity contribution is 5.97. The lowest BCUT2D eigenvalue weighted by Crippen LogP contribution is -2.36. The highest BCUT2D eigenvalue weighted by Gasteiger charge is 2.26. The maximum Gasteiger partial charge on any atom is 0.166 e. The molecule has 1 N–H and O–H groups in total. The summed E-state index contributed by atoms with van der Waals surface area (Å²) >= 11 is 0. The number of likely N-dealkylation sites (tertiary alicyclic amines) is 1. The molecule has 1 aromatic heterocycles. The molecule has 0 bridgehead atoms. The van der Waals surface area contributed by atoms with Crippen LogP contribution < -0.4 is 0 Å². The van der Waals surface area contributed by atoms with Crippen molar-refractivity contribution in [3.8, 4) is 11.4 Å². The standard InChI is InChI=1S/C23H25N3O/c1-17-7-9-18(10-8-17)22(27)19-11-13-26(14-12-19)16-21-15-24-23(25-21)20-5-3-2-4-6-20/h2-10,15,19H,11-14,16H2,1H3,(H,24,25). The third-order valence-electron chi connectivity index (χ3n) is 5.36. The van der Waals surface area contributed by atoms with E-state index in [4.69, 9.17) is 4.98 Å². The topological polar surface area (TPSA) is 49.0 Å². The maximum absolute atomic E-state index is 12.7. The van der Waals surface area contributed by atoms with Gasteiger partial charge in [0.15, 0.2) is 5.78 Å². The van der Waals surface area contributed by atoms with Crippen LogP contribution in [0.2, 0.25) is 0 Å². The van der Waals surface area contributed by atoms with Crippen LogP contribution in [0.15, 0.2) is 60.8 Å². The van der Waals surface area contributed by atoms with Crippen LogP contribution in [0.1, 0.15) is 34.5 Å². The largest absolute Gasteiger partial charge is 0.344 e. The number of aromatic nitrogens is 2. The number of carbonyl (C=O) groups is 1. The number of aromatic amines is 1. The second kappa shape index (κ2) is 7.89. The molecule has 0 unspecified atom stereocenters. The molecule has 0 amide bonds. The van der Waals surface area contributed by atoms with Crippen molar-refractivity contribution in [1.82, 2.24) is 14.9 Å². The first-order valence-corrected chi connectivity index (χ1v) is 9.62. The lowest BCUT2D eigenvalue weighted by atomic mass is 9.88. The normalized spacial score (nSPS) is 15.7. The minimum Gasteiger partial charge on any atom is -0.344 e. The second-order valence-corrected chi connectivity index (χ2v) is 7.39. The van der Waals surface area contributed by atoms with E-state index >= 15 is 0 Å². The van der Waals surface area contributed by atoms with Gasteiger partial charge in [-0.3, -0.25) is 9.69 Å². The third-order valence-corrected chi connectivity index (χ3v) is 5.36. The zero-order valence-electron chi connectivity index (χ0n) is 15.7. The van der Waals surface area contributed by atoms with Crippen molar-refractivity contribution in [2.45, 2.75) is 26.3 Å². The third kappa shape index (κ3) is 4.17. The molecule has 0 saturated carbocycles. The van der Waals surface area contributed by atoms with Crippen molar-refractivity contribution < 1.29 is 4.79 Å². The number of ketones is 1. The molecule has 4 heteroatoms. The Morgan fingerprint density at radius 2 is 1.78 bits per heavy atom. The highest BCUT2D eigenvalue weighted by Crippen LogP contribution is 2.23. The Morgan fingerprint density at radius 3 is 2.48 bits per heavy atom. The Kier molecular flexibility index (Phi) is 5.16. The van der Waals surface area contributed by atoms with Crippen LogP contribution in [0.25, 0.3) is 11.4 Å². The van der Waals surface area contributed by atoms with Gasteiger partial charge in [-0.15, -0.1) is 0 Å². The Labute approximate surface area is 160 Å². The molecule has 4 nitrogen and oxygen atoms in total. The van der Waals surface area contributed by atoms with Crippen LogP contribution in [-0.2, 0) is 6.54 Å². The lowest BCUT2D eigenvalue weighted by molar-refractivity contribution is 0.0834. The average molecular weight is 359 g/mol. The predicted molar refractivity (Wildman–Crippen MR) is 108 cm³/mol. The highest BCUT2D eigenvalue weighted by atomic mass is 16.1. The Balaban J connectivity index is 1.33. The summed E-state index contributed by atoms with van der Waals surface area (Å²) in [4.78, 5) is 23.1. The molecule has 0 aliphatic carbocycles. The van der Waals surface area contributed by atoms with Crippen molar-refractivity contribution >= 4 is 5.78 Å². The number of aryl methyl sites for hydroxylation is 1. The molecule has 138 valence electrons. The number of piperidine rings is 1. The molecule has 1 saturated heterocycles. The second-order valence-electron chi connectivity index (χ2n) is 7.39. The summed E-state index contributed by atoms with van der Waals surface area (Å²) in [5, 5.41) is 0. The van der Waals surface area contributed by atoms with Crippen LogP contribution in [0.4, 0.5) is 0 Å². The van der Waals surface area contributed by atoms with Gasteiger partial charge in [0.1, 0.15) is 5.82 Å². The number of nitrogens with one attached hydrogen (secondary N) is 1. The van der Waals surface area contributed by atoms with Gasteiger partial charge in [-0.05, 0) is 32.9 Å². The Morgan fingerprint density at radius 1 is 1.07 bits per heavy atom. The lowest BCUT2D eigenvalue weighted by Gasteiger charge is -2.30. The summed E-state index contributed by atoms with van der Waals surface area (Å²) < 4.78 is 0. The fourth-order valence-electron chi connectivity index (χ4n) is 3.72. The fourth-order valence-corrected chi connectivity index (χ4v) is 3.72. The monoisotopic (exact) mass is 359 g/mol. The van der Waals surface area contributed by atoms with Gasteiger partial charge in [-0.25, -0.2) is 4.98 Å². The molecule has 1 fully saturated rings. The van der Waals surface area contributed by atoms with E-state index < -0.39 is 0 Å². The van der Waals surface area contributed by atoms with E-state index in [1.807, 2.05) is 55.6 Å². The molecule has 2 heterocycles. The van der Waals surface area contributed by atoms with Gasteiger partial charge in [-0.2, -0.15) is 0 Å². The Bertz CT molecular complexity index is 891. The maximum atomic E-state index is 12.7. The fraction of sp³-hybridized carbons (Fsp3) is 0.304. The molecule has 0 radical (unpaired) electrons. The number of Topliss-reactive ketones (excluding diaryl/α,β-unsaturated/α-hetero) is 1. The number of carbonyl (C=O) groups excluding carboxylic acids is 1. The summed E-state index contributed by atoms with van der Waals surface area (Å²) in [6, 6.07) is 18.1. The summed E-state index contributed by atoms with van der Waals surface area (Å²) in [5.74, 6) is 1.35. The first-order valence-electron chi connectivity index (χ1n) is 9.62. The number of hydrogen-bond acceptors (Lipinski definition) is 3. The van der Waals surface area contributed by atoms with Gasteiger partial charge in [0.25, 0.3) is 0 Å². The molecular weight excluding hydrogens is 334 g/mol. The van der Waals surface area contributed by atoms with Gasteiger partial charge >= 0.3 is 0 Å². The summed E-state index contributed by atoms with van der Waals surface area (Å²) in [7, 11) is 0. The number of hydrogen-bond donors (Lipinski definition) is 1. The SMILES string of the molecule is Cc1ccc(C(=O)C2CCN(Cc3c[nH]c(-c4ccccc4)n3)CC2)cc1. The van der Waals surface area contributed by atoms with Gasteiger partial charge in [0.2, 0.25) is 0 Å². The molecule has 3 aromatic rings. The van der Waals surface area contributed by atoms with E-state index in [0.717, 1.165) is 55.1 Å². The molecular formula is C23H25N3O. The summed E-state index contributed by atoms with van der Waals surface area (Å²) in [6.07, 6.45) is 3.83. The van der Waals surface area contributed by atoms with Crippen molar-refractivity contribution in [1.29, 1.82) is 0 Å². The number of nitrogens with zero attached hydrogens (tertiary/aromatic N) is 2. The van der Waals surface area contributed by atoms with Crippen LogP contribution in [0.3, 0.4) is 0 Å². The van der Waals surface area contributed by atoms with Crippen molar-refractivity contribution in [2.24, 2.45) is 5.92 Å². The molecule has 1 aliphatic rings. The smallest absolute Gasteiger partial charge is 0.166 e. The van der Waals surface area contributed by atoms with E-state index in [1.165, 1.54) is 5.56 Å². The van der Waals surface area contributed by atoms with E-state index in [9.17, 15) is 4.79 Å². The molecule has 4 rings (SSSR count). The Hall–Kier alpha value is -2.72. The van der Waals surface area contributed by atoms with Crippen molar-refractivity contribution in [2.75, 3.05) is 13.1 Å². The van der Waals surface area contributed by atoms with Crippen LogP contribution in [0, 0.1) is 12.8 Å². The first kappa shape index (κ1) is 17.7. The van der Waals surface area contributed by atoms with E-state index in [1.54, 1.807) is 0 Å². The van der Waals surface area contributed by atoms with Gasteiger partial charge < -0.3 is 4.98 Å². The first-order chi connectivity index (χ1) is 13.2. The molecule has 1 aliphatic heterocycles. The van der Waals surface area contributed by atoms with Crippen LogP contribution >= 0.6 is 0 Å². The zero-order valence-corrected chi connectivity index (χ0v) is 15.7. The number of H-pyrrole nitrogens is 1. The van der Waals surface area contributed by atoms with Crippen molar-refractivity contribution in [3.63, 3.8) is 0 Å². The van der Waals surface area contributed by atoms with E-state index in [2.05, 4.69) is 22.0 Å². The van der Waals surface area contributed by atoms with E-state index in [-0.39, 0.29) is 5.92 Å². The molecule has 27 heavy (non-hydrogen) atoms. The zero-order chi connectivity index (χ0) is 18.6. The molecule has 0 spiro atoms. The van der Waals surface area contributed by atoms with Gasteiger partial charge in [-0.1, -0.05) is 60.2 Å². The summed E-state index contributed by atoms with van der Waals surface area (Å²) in [5.41, 5.74) is 4.19. The summed E-state index contributed by atoms with van der Waals surface area (Å²) in [6.45, 7) is 4.76. The van der Waals surface area contributed by atoms with Crippen LogP contribution in [-0.4, -0.2) is 33.7 Å². The number of benzene rings is 2. The quantitative estimate of drug-likeness (QED) is 0.683. The number of imidazole rings is 1. The average Bonchev–Trinajstić information content (AvgIpc) is 3.18.